The third-order valence-electron chi connectivity index (χ3n) is 4.83. The van der Waals surface area contributed by atoms with E-state index in [4.69, 9.17) is 9.47 Å². The van der Waals surface area contributed by atoms with Gasteiger partial charge in [0.1, 0.15) is 11.5 Å². The van der Waals surface area contributed by atoms with E-state index in [1.807, 2.05) is 24.3 Å². The molecule has 0 aliphatic carbocycles. The topological polar surface area (TPSA) is 24.9 Å². The summed E-state index contributed by atoms with van der Waals surface area (Å²) in [5.74, 6) is 1.80. The van der Waals surface area contributed by atoms with E-state index in [1.54, 1.807) is 7.11 Å². The molecule has 0 spiro atoms. The monoisotopic (exact) mass is 304 g/mol. The quantitative estimate of drug-likeness (QED) is 0.754. The van der Waals surface area contributed by atoms with Crippen molar-refractivity contribution in [1.82, 2.24) is 9.80 Å². The molecule has 2 saturated heterocycles. The molecule has 122 valence electrons. The van der Waals surface area contributed by atoms with Gasteiger partial charge >= 0.3 is 0 Å². The Morgan fingerprint density at radius 1 is 1.05 bits per heavy atom. The molecule has 22 heavy (non-hydrogen) atoms. The van der Waals surface area contributed by atoms with Gasteiger partial charge in [0.05, 0.1) is 13.7 Å². The van der Waals surface area contributed by atoms with Crippen molar-refractivity contribution in [1.29, 1.82) is 0 Å². The molecule has 2 aliphatic heterocycles. The Kier molecular flexibility index (Phi) is 5.57. The highest BCUT2D eigenvalue weighted by Gasteiger charge is 2.28. The molecule has 0 aromatic heterocycles. The summed E-state index contributed by atoms with van der Waals surface area (Å²) in [6.45, 7) is 7.05. The number of methoxy groups -OCH3 is 1. The van der Waals surface area contributed by atoms with Gasteiger partial charge in [-0.15, -0.1) is 0 Å². The summed E-state index contributed by atoms with van der Waals surface area (Å²) in [5, 5.41) is 0. The average molecular weight is 304 g/mol. The molecule has 0 radical (unpaired) electrons. The smallest absolute Gasteiger partial charge is 0.119 e. The zero-order valence-electron chi connectivity index (χ0n) is 13.7. The Bertz CT molecular complexity index is 449. The van der Waals surface area contributed by atoms with Crippen LogP contribution in [0.3, 0.4) is 0 Å². The maximum absolute atomic E-state index is 5.82. The van der Waals surface area contributed by atoms with E-state index in [-0.39, 0.29) is 0 Å². The minimum atomic E-state index is 0.789. The van der Waals surface area contributed by atoms with Gasteiger partial charge in [0.2, 0.25) is 0 Å². The first-order valence-corrected chi connectivity index (χ1v) is 8.58. The van der Waals surface area contributed by atoms with Crippen LogP contribution in [0.4, 0.5) is 0 Å². The first kappa shape index (κ1) is 15.6. The SMILES string of the molecule is COc1ccc(OCCCN2CCCN3CCC[C@@H]3C2)cc1. The molecule has 0 bridgehead atoms. The Morgan fingerprint density at radius 2 is 1.82 bits per heavy atom. The van der Waals surface area contributed by atoms with Gasteiger partial charge in [0, 0.05) is 19.1 Å². The highest BCUT2D eigenvalue weighted by atomic mass is 16.5. The third kappa shape index (κ3) is 4.14. The summed E-state index contributed by atoms with van der Waals surface area (Å²) in [7, 11) is 1.68. The molecule has 4 nitrogen and oxygen atoms in total. The van der Waals surface area contributed by atoms with Crippen molar-refractivity contribution in [3.05, 3.63) is 24.3 Å². The molecule has 1 aromatic rings. The van der Waals surface area contributed by atoms with E-state index in [9.17, 15) is 0 Å². The highest BCUT2D eigenvalue weighted by Crippen LogP contribution is 2.21. The van der Waals surface area contributed by atoms with Crippen molar-refractivity contribution >= 4 is 0 Å². The maximum Gasteiger partial charge on any atom is 0.119 e. The van der Waals surface area contributed by atoms with E-state index in [0.29, 0.717) is 0 Å². The molecular formula is C18H28N2O2. The molecule has 2 aliphatic rings. The van der Waals surface area contributed by atoms with Crippen molar-refractivity contribution in [2.24, 2.45) is 0 Å². The molecule has 0 unspecified atom stereocenters. The Morgan fingerprint density at radius 3 is 2.64 bits per heavy atom. The average Bonchev–Trinajstić information content (AvgIpc) is 2.90. The zero-order valence-corrected chi connectivity index (χ0v) is 13.7. The van der Waals surface area contributed by atoms with Gasteiger partial charge in [-0.1, -0.05) is 0 Å². The van der Waals surface area contributed by atoms with Crippen molar-refractivity contribution in [2.45, 2.75) is 31.7 Å². The molecule has 0 saturated carbocycles. The summed E-state index contributed by atoms with van der Waals surface area (Å²) < 4.78 is 11.0. The summed E-state index contributed by atoms with van der Waals surface area (Å²) in [6.07, 6.45) is 5.19. The van der Waals surface area contributed by atoms with E-state index >= 15 is 0 Å². The van der Waals surface area contributed by atoms with Crippen LogP contribution in [0.25, 0.3) is 0 Å². The molecule has 1 aromatic carbocycles. The van der Waals surface area contributed by atoms with Gasteiger partial charge in [-0.3, -0.25) is 4.90 Å². The predicted octanol–water partition coefficient (Wildman–Crippen LogP) is 2.63. The Labute approximate surface area is 134 Å². The zero-order chi connectivity index (χ0) is 15.2. The number of fused-ring (bicyclic) bond motifs is 1. The number of rotatable bonds is 6. The summed E-state index contributed by atoms with van der Waals surface area (Å²) in [5.41, 5.74) is 0. The lowest BCUT2D eigenvalue weighted by Crippen LogP contribution is -2.37. The molecule has 0 amide bonds. The van der Waals surface area contributed by atoms with Crippen LogP contribution < -0.4 is 9.47 Å². The first-order chi connectivity index (χ1) is 10.8. The Hall–Kier alpha value is -1.26. The van der Waals surface area contributed by atoms with Gasteiger partial charge < -0.3 is 14.4 Å². The van der Waals surface area contributed by atoms with Gasteiger partial charge in [0.25, 0.3) is 0 Å². The third-order valence-corrected chi connectivity index (χ3v) is 4.83. The second-order valence-electron chi connectivity index (χ2n) is 6.36. The van der Waals surface area contributed by atoms with E-state index in [2.05, 4.69) is 9.80 Å². The lowest BCUT2D eigenvalue weighted by Gasteiger charge is -2.25. The van der Waals surface area contributed by atoms with Gasteiger partial charge in [-0.25, -0.2) is 0 Å². The number of ether oxygens (including phenoxy) is 2. The number of hydrogen-bond acceptors (Lipinski definition) is 4. The molecule has 3 rings (SSSR count). The van der Waals surface area contributed by atoms with Crippen LogP contribution in [0.1, 0.15) is 25.7 Å². The van der Waals surface area contributed by atoms with E-state index < -0.39 is 0 Å². The minimum absolute atomic E-state index is 0.789. The fraction of sp³-hybridized carbons (Fsp3) is 0.667. The number of benzene rings is 1. The van der Waals surface area contributed by atoms with Gasteiger partial charge in [-0.2, -0.15) is 0 Å². The lowest BCUT2D eigenvalue weighted by molar-refractivity contribution is 0.205. The van der Waals surface area contributed by atoms with Crippen LogP contribution in [0.15, 0.2) is 24.3 Å². The summed E-state index contributed by atoms with van der Waals surface area (Å²) in [4.78, 5) is 5.32. The predicted molar refractivity (Wildman–Crippen MR) is 88.8 cm³/mol. The van der Waals surface area contributed by atoms with Gasteiger partial charge in [0.15, 0.2) is 0 Å². The molecule has 2 fully saturated rings. The van der Waals surface area contributed by atoms with Crippen molar-refractivity contribution in [3.8, 4) is 11.5 Å². The first-order valence-electron chi connectivity index (χ1n) is 8.58. The lowest BCUT2D eigenvalue weighted by atomic mass is 10.2. The second kappa shape index (κ2) is 7.84. The maximum atomic E-state index is 5.82. The summed E-state index contributed by atoms with van der Waals surface area (Å²) in [6, 6.07) is 8.64. The molecular weight excluding hydrogens is 276 g/mol. The second-order valence-corrected chi connectivity index (χ2v) is 6.36. The van der Waals surface area contributed by atoms with Crippen LogP contribution in [-0.2, 0) is 0 Å². The molecule has 2 heterocycles. The fourth-order valence-electron chi connectivity index (χ4n) is 3.64. The van der Waals surface area contributed by atoms with Crippen LogP contribution in [0.2, 0.25) is 0 Å². The van der Waals surface area contributed by atoms with Crippen LogP contribution >= 0.6 is 0 Å². The summed E-state index contributed by atoms with van der Waals surface area (Å²) >= 11 is 0. The number of hydrogen-bond donors (Lipinski definition) is 0. The van der Waals surface area contributed by atoms with Crippen molar-refractivity contribution < 1.29 is 9.47 Å². The molecule has 0 N–H and O–H groups in total. The number of nitrogens with zero attached hydrogens (tertiary/aromatic N) is 2. The van der Waals surface area contributed by atoms with E-state index in [1.165, 1.54) is 45.4 Å². The largest absolute Gasteiger partial charge is 0.497 e. The highest BCUT2D eigenvalue weighted by molar-refractivity contribution is 5.31. The fourth-order valence-corrected chi connectivity index (χ4v) is 3.64. The van der Waals surface area contributed by atoms with Crippen molar-refractivity contribution in [2.75, 3.05) is 46.4 Å². The standard InChI is InChI=1S/C18H28N2O2/c1-21-17-6-8-18(9-7-17)22-14-4-11-19-10-3-13-20-12-2-5-16(20)15-19/h6-9,16H,2-5,10-15H2,1H3/t16-/m1/s1. The Balaban J connectivity index is 1.37. The van der Waals surface area contributed by atoms with E-state index in [0.717, 1.165) is 37.1 Å². The van der Waals surface area contributed by atoms with Crippen LogP contribution in [0.5, 0.6) is 11.5 Å². The van der Waals surface area contributed by atoms with Crippen molar-refractivity contribution in [3.63, 3.8) is 0 Å². The molecule has 1 atom stereocenters. The van der Waals surface area contributed by atoms with Crippen LogP contribution in [0, 0.1) is 0 Å². The normalized spacial score (nSPS) is 23.0. The van der Waals surface area contributed by atoms with Gasteiger partial charge in [-0.05, 0) is 69.6 Å². The van der Waals surface area contributed by atoms with Crippen LogP contribution in [-0.4, -0.2) is 62.3 Å². The minimum Gasteiger partial charge on any atom is -0.497 e. The molecule has 4 heteroatoms.